The third-order valence-electron chi connectivity index (χ3n) is 5.61. The Bertz CT molecular complexity index is 869. The van der Waals surface area contributed by atoms with Crippen LogP contribution in [0.25, 0.3) is 0 Å². The van der Waals surface area contributed by atoms with Gasteiger partial charge in [-0.15, -0.1) is 6.58 Å². The van der Waals surface area contributed by atoms with Crippen LogP contribution in [0.5, 0.6) is 5.75 Å². The van der Waals surface area contributed by atoms with Crippen LogP contribution in [0.2, 0.25) is 0 Å². The number of carbonyl (C=O) groups is 1. The second kappa shape index (κ2) is 8.68. The van der Waals surface area contributed by atoms with Gasteiger partial charge in [-0.25, -0.2) is 4.79 Å². The van der Waals surface area contributed by atoms with Crippen molar-refractivity contribution in [1.29, 1.82) is 0 Å². The number of hydrogen-bond donors (Lipinski definition) is 2. The highest BCUT2D eigenvalue weighted by molar-refractivity contribution is 5.93. The third kappa shape index (κ3) is 3.86. The molecule has 2 N–H and O–H groups in total. The average molecular weight is 397 g/mol. The lowest BCUT2D eigenvalue weighted by molar-refractivity contribution is 0.111. The molecule has 2 aromatic carbocycles. The molecule has 0 spiro atoms. The molecule has 0 unspecified atom stereocenters. The van der Waals surface area contributed by atoms with E-state index in [2.05, 4.69) is 6.58 Å². The highest BCUT2D eigenvalue weighted by Crippen LogP contribution is 2.50. The van der Waals surface area contributed by atoms with Crippen LogP contribution in [-0.2, 0) is 16.8 Å². The maximum atomic E-state index is 13.1. The maximum Gasteiger partial charge on any atom is 0.415 e. The summed E-state index contributed by atoms with van der Waals surface area (Å²) in [5.41, 5.74) is 1.60. The van der Waals surface area contributed by atoms with E-state index in [9.17, 15) is 15.0 Å². The average Bonchev–Trinajstić information content (AvgIpc) is 3.00. The molecule has 1 aliphatic rings. The predicted octanol–water partition coefficient (Wildman–Crippen LogP) is 3.41. The number of hydrogen-bond acceptors (Lipinski definition) is 5. The summed E-state index contributed by atoms with van der Waals surface area (Å²) in [6, 6.07) is 14.1. The van der Waals surface area contributed by atoms with E-state index in [1.54, 1.807) is 19.2 Å². The van der Waals surface area contributed by atoms with Gasteiger partial charge in [0.1, 0.15) is 12.4 Å². The molecule has 3 rings (SSSR count). The van der Waals surface area contributed by atoms with E-state index in [1.807, 2.05) is 43.3 Å². The molecule has 1 aliphatic heterocycles. The highest BCUT2D eigenvalue weighted by atomic mass is 16.6. The van der Waals surface area contributed by atoms with Crippen LogP contribution in [0.15, 0.2) is 61.2 Å². The van der Waals surface area contributed by atoms with Gasteiger partial charge in [-0.05, 0) is 35.7 Å². The van der Waals surface area contributed by atoms with E-state index < -0.39 is 23.7 Å². The number of amides is 1. The van der Waals surface area contributed by atoms with Gasteiger partial charge in [0.05, 0.1) is 24.9 Å². The summed E-state index contributed by atoms with van der Waals surface area (Å²) in [5.74, 6) is 0.638. The number of fused-ring (bicyclic) bond motifs is 1. The van der Waals surface area contributed by atoms with Crippen molar-refractivity contribution < 1.29 is 24.5 Å². The Kier molecular flexibility index (Phi) is 6.25. The van der Waals surface area contributed by atoms with Gasteiger partial charge in [0.15, 0.2) is 0 Å². The zero-order valence-electron chi connectivity index (χ0n) is 16.7. The summed E-state index contributed by atoms with van der Waals surface area (Å²) < 4.78 is 10.9. The van der Waals surface area contributed by atoms with Gasteiger partial charge >= 0.3 is 6.09 Å². The Morgan fingerprint density at radius 1 is 1.31 bits per heavy atom. The summed E-state index contributed by atoms with van der Waals surface area (Å²) in [4.78, 5) is 14.6. The number of benzene rings is 2. The summed E-state index contributed by atoms with van der Waals surface area (Å²) in [5, 5.41) is 20.5. The number of ether oxygens (including phenoxy) is 2. The van der Waals surface area contributed by atoms with Crippen molar-refractivity contribution in [2.45, 2.75) is 37.5 Å². The van der Waals surface area contributed by atoms with Crippen LogP contribution in [0.3, 0.4) is 0 Å². The molecule has 0 aliphatic carbocycles. The fourth-order valence-electron chi connectivity index (χ4n) is 4.08. The Balaban J connectivity index is 2.01. The third-order valence-corrected chi connectivity index (χ3v) is 5.61. The Labute approximate surface area is 171 Å². The van der Waals surface area contributed by atoms with E-state index in [0.717, 1.165) is 11.1 Å². The van der Waals surface area contributed by atoms with Gasteiger partial charge in [0.2, 0.25) is 0 Å². The maximum absolute atomic E-state index is 13.1. The van der Waals surface area contributed by atoms with Crippen molar-refractivity contribution >= 4 is 11.8 Å². The number of anilines is 1. The van der Waals surface area contributed by atoms with Gasteiger partial charge < -0.3 is 19.7 Å². The smallest absolute Gasteiger partial charge is 0.415 e. The minimum absolute atomic E-state index is 0.0968. The van der Waals surface area contributed by atoms with Gasteiger partial charge in [0.25, 0.3) is 0 Å². The Morgan fingerprint density at radius 2 is 2.03 bits per heavy atom. The normalized spacial score (nSPS) is 21.4. The molecule has 6 nitrogen and oxygen atoms in total. The number of nitrogens with zero attached hydrogens (tertiary/aromatic N) is 1. The lowest BCUT2D eigenvalue weighted by Crippen LogP contribution is -2.53. The molecule has 29 heavy (non-hydrogen) atoms. The lowest BCUT2D eigenvalue weighted by Gasteiger charge is -2.37. The molecule has 0 fully saturated rings. The topological polar surface area (TPSA) is 79.2 Å². The minimum Gasteiger partial charge on any atom is -0.497 e. The van der Waals surface area contributed by atoms with Crippen molar-refractivity contribution in [1.82, 2.24) is 0 Å². The number of aliphatic hydroxyl groups excluding tert-OH is 2. The molecule has 6 heteroatoms. The van der Waals surface area contributed by atoms with E-state index in [-0.39, 0.29) is 13.2 Å². The first kappa shape index (κ1) is 20.9. The molecule has 1 heterocycles. The molecule has 0 bridgehead atoms. The summed E-state index contributed by atoms with van der Waals surface area (Å²) in [7, 11) is 1.57. The van der Waals surface area contributed by atoms with Gasteiger partial charge in [-0.2, -0.15) is 0 Å². The fourth-order valence-corrected chi connectivity index (χ4v) is 4.08. The van der Waals surface area contributed by atoms with Crippen molar-refractivity contribution in [3.8, 4) is 5.75 Å². The molecule has 154 valence electrons. The molecule has 0 radical (unpaired) electrons. The monoisotopic (exact) mass is 397 g/mol. The molecule has 0 saturated carbocycles. The van der Waals surface area contributed by atoms with Crippen molar-refractivity contribution in [2.24, 2.45) is 0 Å². The number of methoxy groups -OCH3 is 1. The van der Waals surface area contributed by atoms with E-state index in [4.69, 9.17) is 9.47 Å². The Hall–Kier alpha value is -2.83. The van der Waals surface area contributed by atoms with Crippen LogP contribution < -0.4 is 9.64 Å². The lowest BCUT2D eigenvalue weighted by atomic mass is 9.74. The SMILES string of the molecule is C=C[C@H](O)[C@@H]1N(C(=O)OCc2ccccc2)c2ccc(OC)cc2[C@]1(C)CCO. The van der Waals surface area contributed by atoms with Crippen LogP contribution in [0.1, 0.15) is 24.5 Å². The first-order valence-corrected chi connectivity index (χ1v) is 9.56. The largest absolute Gasteiger partial charge is 0.497 e. The minimum atomic E-state index is -1.01. The van der Waals surface area contributed by atoms with Gasteiger partial charge in [0, 0.05) is 12.0 Å². The number of rotatable bonds is 7. The molecule has 1 amide bonds. The van der Waals surface area contributed by atoms with Crippen molar-refractivity contribution in [3.05, 3.63) is 72.3 Å². The first-order chi connectivity index (χ1) is 14.0. The number of aliphatic hydroxyl groups is 2. The Morgan fingerprint density at radius 3 is 2.66 bits per heavy atom. The molecule has 2 aromatic rings. The molecular formula is C23H27NO5. The van der Waals surface area contributed by atoms with Crippen molar-refractivity contribution in [2.75, 3.05) is 18.6 Å². The second-order valence-corrected chi connectivity index (χ2v) is 7.36. The summed E-state index contributed by atoms with van der Waals surface area (Å²) >= 11 is 0. The molecular weight excluding hydrogens is 370 g/mol. The van der Waals surface area contributed by atoms with Crippen LogP contribution in [0.4, 0.5) is 10.5 Å². The summed E-state index contributed by atoms with van der Waals surface area (Å²) in [6.45, 7) is 5.64. The highest BCUT2D eigenvalue weighted by Gasteiger charge is 2.52. The molecule has 0 saturated heterocycles. The zero-order valence-corrected chi connectivity index (χ0v) is 16.7. The van der Waals surface area contributed by atoms with Crippen LogP contribution in [-0.4, -0.2) is 42.2 Å². The standard InChI is InChI=1S/C23H27NO5/c1-4-20(26)21-23(2,12-13-25)18-14-17(28-3)10-11-19(18)24(21)22(27)29-15-16-8-6-5-7-9-16/h4-11,14,20-21,25-26H,1,12-13,15H2,2-3H3/t20-,21-,23-/m0/s1. The van der Waals surface area contributed by atoms with E-state index in [1.165, 1.54) is 11.0 Å². The fraction of sp³-hybridized carbons (Fsp3) is 0.348. The second-order valence-electron chi connectivity index (χ2n) is 7.36. The van der Waals surface area contributed by atoms with E-state index in [0.29, 0.717) is 17.9 Å². The summed E-state index contributed by atoms with van der Waals surface area (Å²) in [6.07, 6.45) is 0.188. The van der Waals surface area contributed by atoms with Gasteiger partial charge in [-0.3, -0.25) is 4.90 Å². The number of carbonyl (C=O) groups excluding carboxylic acids is 1. The van der Waals surface area contributed by atoms with Crippen LogP contribution >= 0.6 is 0 Å². The van der Waals surface area contributed by atoms with Crippen molar-refractivity contribution in [3.63, 3.8) is 0 Å². The quantitative estimate of drug-likeness (QED) is 0.700. The van der Waals surface area contributed by atoms with E-state index >= 15 is 0 Å². The van der Waals surface area contributed by atoms with Crippen LogP contribution in [0, 0.1) is 0 Å². The predicted molar refractivity (Wildman–Crippen MR) is 111 cm³/mol. The zero-order chi connectivity index (χ0) is 21.0. The molecule has 0 aromatic heterocycles. The molecule has 3 atom stereocenters. The first-order valence-electron chi connectivity index (χ1n) is 9.56. The van der Waals surface area contributed by atoms with Gasteiger partial charge in [-0.1, -0.05) is 43.3 Å².